The molecule has 8 nitrogen and oxygen atoms in total. The Bertz CT molecular complexity index is 815. The molecule has 3 rings (SSSR count). The van der Waals surface area contributed by atoms with Gasteiger partial charge in [0.15, 0.2) is 9.84 Å². The van der Waals surface area contributed by atoms with E-state index in [9.17, 15) is 18.0 Å². The second kappa shape index (κ2) is 8.87. The smallest absolute Gasteiger partial charge is 0.263 e. The van der Waals surface area contributed by atoms with E-state index in [4.69, 9.17) is 0 Å². The van der Waals surface area contributed by atoms with Crippen molar-refractivity contribution in [3.8, 4) is 0 Å². The number of likely N-dealkylation sites (N-methyl/N-ethyl adjacent to an activating group) is 1. The third-order valence-electron chi connectivity index (χ3n) is 5.54. The summed E-state index contributed by atoms with van der Waals surface area (Å²) < 4.78 is 23.4. The Morgan fingerprint density at radius 2 is 2.04 bits per heavy atom. The highest BCUT2D eigenvalue weighted by molar-refractivity contribution is 7.91. The van der Waals surface area contributed by atoms with Crippen molar-refractivity contribution in [2.24, 2.45) is 0 Å². The lowest BCUT2D eigenvalue weighted by Gasteiger charge is -2.34. The van der Waals surface area contributed by atoms with E-state index in [1.165, 1.54) is 11.3 Å². The van der Waals surface area contributed by atoms with Crippen molar-refractivity contribution in [2.75, 3.05) is 37.7 Å². The number of amides is 2. The van der Waals surface area contributed by atoms with Crippen molar-refractivity contribution in [3.05, 3.63) is 16.1 Å². The van der Waals surface area contributed by atoms with Crippen LogP contribution in [-0.4, -0.2) is 84.8 Å². The van der Waals surface area contributed by atoms with Crippen molar-refractivity contribution in [3.63, 3.8) is 0 Å². The van der Waals surface area contributed by atoms with Crippen LogP contribution < -0.4 is 5.32 Å². The summed E-state index contributed by atoms with van der Waals surface area (Å²) in [6, 6.07) is -0.0930. The van der Waals surface area contributed by atoms with Crippen LogP contribution in [0, 0.1) is 6.92 Å². The molecule has 1 N–H and O–H groups in total. The molecule has 10 heteroatoms. The number of sulfone groups is 1. The molecule has 2 aliphatic heterocycles. The molecule has 0 aromatic carbocycles. The van der Waals surface area contributed by atoms with Crippen LogP contribution in [0.5, 0.6) is 0 Å². The number of rotatable bonds is 6. The van der Waals surface area contributed by atoms with Crippen molar-refractivity contribution in [1.82, 2.24) is 20.1 Å². The maximum atomic E-state index is 12.7. The minimum Gasteiger partial charge on any atom is -0.348 e. The lowest BCUT2D eigenvalue weighted by molar-refractivity contribution is -0.134. The van der Waals surface area contributed by atoms with E-state index in [1.54, 1.807) is 10.4 Å². The first-order valence-corrected chi connectivity index (χ1v) is 12.4. The van der Waals surface area contributed by atoms with Crippen molar-refractivity contribution in [1.29, 1.82) is 0 Å². The number of likely N-dealkylation sites (tertiary alicyclic amines) is 1. The van der Waals surface area contributed by atoms with Gasteiger partial charge in [-0.3, -0.25) is 14.5 Å². The monoisotopic (exact) mass is 428 g/mol. The van der Waals surface area contributed by atoms with Gasteiger partial charge in [0.25, 0.3) is 5.91 Å². The van der Waals surface area contributed by atoms with Gasteiger partial charge in [0, 0.05) is 31.7 Å². The van der Waals surface area contributed by atoms with Crippen LogP contribution in [0.15, 0.2) is 5.51 Å². The number of hydrogen-bond acceptors (Lipinski definition) is 7. The summed E-state index contributed by atoms with van der Waals surface area (Å²) in [5.74, 6) is 0.171. The second-order valence-corrected chi connectivity index (χ2v) is 10.6. The molecule has 0 spiro atoms. The first-order valence-electron chi connectivity index (χ1n) is 9.72. The Balaban J connectivity index is 1.46. The summed E-state index contributed by atoms with van der Waals surface area (Å²) in [4.78, 5) is 33.6. The van der Waals surface area contributed by atoms with E-state index in [1.807, 2.05) is 13.8 Å². The molecule has 156 valence electrons. The van der Waals surface area contributed by atoms with Crippen LogP contribution in [0.1, 0.15) is 41.6 Å². The van der Waals surface area contributed by atoms with Gasteiger partial charge >= 0.3 is 0 Å². The molecule has 2 fully saturated rings. The SMILES string of the molecule is CCN(C(=O)CN1CCC(NC(=O)c2scnc2C)CC1)C1CCS(=O)(=O)C1. The molecular formula is C18H28N4O4S2. The molecule has 0 bridgehead atoms. The molecule has 1 atom stereocenters. The lowest BCUT2D eigenvalue weighted by atomic mass is 10.0. The highest BCUT2D eigenvalue weighted by atomic mass is 32.2. The minimum atomic E-state index is -3.01. The highest BCUT2D eigenvalue weighted by Crippen LogP contribution is 2.19. The van der Waals surface area contributed by atoms with Gasteiger partial charge < -0.3 is 10.2 Å². The van der Waals surface area contributed by atoms with Crippen LogP contribution in [0.25, 0.3) is 0 Å². The normalized spacial score (nSPS) is 22.9. The number of nitrogens with one attached hydrogen (secondary N) is 1. The quantitative estimate of drug-likeness (QED) is 0.715. The number of piperidine rings is 1. The van der Waals surface area contributed by atoms with Crippen LogP contribution in [0.3, 0.4) is 0 Å². The molecule has 0 saturated carbocycles. The Kier molecular flexibility index (Phi) is 6.72. The molecule has 1 aromatic heterocycles. The predicted octanol–water partition coefficient (Wildman–Crippen LogP) is 0.681. The highest BCUT2D eigenvalue weighted by Gasteiger charge is 2.34. The topological polar surface area (TPSA) is 99.7 Å². The Morgan fingerprint density at radius 1 is 1.32 bits per heavy atom. The number of thiazole rings is 1. The van der Waals surface area contributed by atoms with Gasteiger partial charge in [-0.15, -0.1) is 11.3 Å². The summed E-state index contributed by atoms with van der Waals surface area (Å²) >= 11 is 1.35. The fourth-order valence-electron chi connectivity index (χ4n) is 3.95. The third-order valence-corrected chi connectivity index (χ3v) is 8.22. The summed E-state index contributed by atoms with van der Waals surface area (Å²) in [5, 5.41) is 3.07. The van der Waals surface area contributed by atoms with Gasteiger partial charge in [-0.1, -0.05) is 0 Å². The van der Waals surface area contributed by atoms with Gasteiger partial charge in [0.05, 0.1) is 29.3 Å². The lowest BCUT2D eigenvalue weighted by Crippen LogP contribution is -2.50. The number of nitrogens with zero attached hydrogens (tertiary/aromatic N) is 3. The second-order valence-electron chi connectivity index (χ2n) is 7.53. The number of hydrogen-bond donors (Lipinski definition) is 1. The van der Waals surface area contributed by atoms with Crippen LogP contribution in [0.2, 0.25) is 0 Å². The van der Waals surface area contributed by atoms with E-state index in [-0.39, 0.29) is 35.4 Å². The minimum absolute atomic E-state index is 0.00706. The summed E-state index contributed by atoms with van der Waals surface area (Å²) in [7, 11) is -3.01. The maximum absolute atomic E-state index is 12.7. The first-order chi connectivity index (χ1) is 13.3. The average molecular weight is 429 g/mol. The molecule has 0 radical (unpaired) electrons. The zero-order chi connectivity index (χ0) is 20.3. The first kappa shape index (κ1) is 21.2. The average Bonchev–Trinajstić information content (AvgIpc) is 3.22. The molecule has 2 saturated heterocycles. The van der Waals surface area contributed by atoms with E-state index >= 15 is 0 Å². The predicted molar refractivity (Wildman–Crippen MR) is 108 cm³/mol. The molecule has 1 aromatic rings. The summed E-state index contributed by atoms with van der Waals surface area (Å²) in [6.07, 6.45) is 2.12. The Morgan fingerprint density at radius 3 is 2.57 bits per heavy atom. The van der Waals surface area contributed by atoms with Gasteiger partial charge in [-0.25, -0.2) is 13.4 Å². The van der Waals surface area contributed by atoms with Crippen LogP contribution in [-0.2, 0) is 14.6 Å². The summed E-state index contributed by atoms with van der Waals surface area (Å²) in [5.41, 5.74) is 2.42. The molecule has 1 unspecified atom stereocenters. The van der Waals surface area contributed by atoms with E-state index in [0.29, 0.717) is 24.4 Å². The van der Waals surface area contributed by atoms with Crippen molar-refractivity contribution >= 4 is 33.0 Å². The molecule has 3 heterocycles. The van der Waals surface area contributed by atoms with E-state index in [0.717, 1.165) is 31.6 Å². The Labute approximate surface area is 170 Å². The molecule has 2 amide bonds. The largest absolute Gasteiger partial charge is 0.348 e. The molecule has 0 aliphatic carbocycles. The van der Waals surface area contributed by atoms with Gasteiger partial charge in [-0.2, -0.15) is 0 Å². The Hall–Kier alpha value is -1.52. The van der Waals surface area contributed by atoms with Gasteiger partial charge in [0.1, 0.15) is 4.88 Å². The third kappa shape index (κ3) is 5.09. The van der Waals surface area contributed by atoms with Crippen LogP contribution in [0.4, 0.5) is 0 Å². The van der Waals surface area contributed by atoms with E-state index < -0.39 is 9.84 Å². The zero-order valence-electron chi connectivity index (χ0n) is 16.4. The zero-order valence-corrected chi connectivity index (χ0v) is 18.0. The number of aryl methyl sites for hydroxylation is 1. The summed E-state index contributed by atoms with van der Waals surface area (Å²) in [6.45, 7) is 6.03. The van der Waals surface area contributed by atoms with Crippen molar-refractivity contribution < 1.29 is 18.0 Å². The number of carbonyl (C=O) groups excluding carboxylic acids is 2. The number of carbonyl (C=O) groups is 2. The molecular weight excluding hydrogens is 400 g/mol. The van der Waals surface area contributed by atoms with Gasteiger partial charge in [0.2, 0.25) is 5.91 Å². The van der Waals surface area contributed by atoms with Crippen molar-refractivity contribution in [2.45, 2.75) is 45.2 Å². The number of aromatic nitrogens is 1. The maximum Gasteiger partial charge on any atom is 0.263 e. The van der Waals surface area contributed by atoms with E-state index in [2.05, 4.69) is 15.2 Å². The standard InChI is InChI=1S/C18H28N4O4S2/c1-3-22(15-6-9-28(25,26)11-15)16(23)10-21-7-4-14(5-8-21)20-18(24)17-13(2)19-12-27-17/h12,14-15H,3-11H2,1-2H3,(H,20,24). The molecule has 2 aliphatic rings. The fraction of sp³-hybridized carbons (Fsp3) is 0.722. The fourth-order valence-corrected chi connectivity index (χ4v) is 6.38. The van der Waals surface area contributed by atoms with Gasteiger partial charge in [-0.05, 0) is 33.1 Å². The van der Waals surface area contributed by atoms with Crippen LogP contribution >= 0.6 is 11.3 Å². The molecule has 28 heavy (non-hydrogen) atoms.